The predicted molar refractivity (Wildman–Crippen MR) is 67.1 cm³/mol. The summed E-state index contributed by atoms with van der Waals surface area (Å²) in [5, 5.41) is 3.31. The monoisotopic (exact) mass is 254 g/mol. The van der Waals surface area contributed by atoms with Gasteiger partial charge in [0.25, 0.3) is 5.91 Å². The lowest BCUT2D eigenvalue weighted by Gasteiger charge is -2.16. The normalized spacial score (nSPS) is 23.6. The molecular formula is C12H15ClN2O2. The molecule has 1 aliphatic rings. The van der Waals surface area contributed by atoms with E-state index in [9.17, 15) is 4.79 Å². The summed E-state index contributed by atoms with van der Waals surface area (Å²) in [4.78, 5) is 12.0. The molecule has 1 aliphatic heterocycles. The van der Waals surface area contributed by atoms with E-state index in [1.807, 2.05) is 6.92 Å². The summed E-state index contributed by atoms with van der Waals surface area (Å²) in [5.74, 6) is -0.202. The van der Waals surface area contributed by atoms with Crippen LogP contribution in [0.15, 0.2) is 18.2 Å². The minimum Gasteiger partial charge on any atom is -0.397 e. The fraction of sp³-hybridized carbons (Fsp3) is 0.417. The van der Waals surface area contributed by atoms with Crippen LogP contribution in [-0.2, 0) is 4.74 Å². The molecule has 1 aromatic carbocycles. The molecule has 1 saturated heterocycles. The highest BCUT2D eigenvalue weighted by molar-refractivity contribution is 6.33. The maximum atomic E-state index is 12.0. The third kappa shape index (κ3) is 2.53. The van der Waals surface area contributed by atoms with E-state index in [2.05, 4.69) is 5.32 Å². The lowest BCUT2D eigenvalue weighted by Crippen LogP contribution is -2.39. The molecule has 17 heavy (non-hydrogen) atoms. The molecule has 2 rings (SSSR count). The number of anilines is 1. The summed E-state index contributed by atoms with van der Waals surface area (Å²) in [5.41, 5.74) is 6.50. The van der Waals surface area contributed by atoms with Crippen molar-refractivity contribution in [3.8, 4) is 0 Å². The molecule has 4 nitrogen and oxygen atoms in total. The van der Waals surface area contributed by atoms with Gasteiger partial charge in [-0.1, -0.05) is 17.7 Å². The first-order chi connectivity index (χ1) is 8.09. The highest BCUT2D eigenvalue weighted by Crippen LogP contribution is 2.23. The van der Waals surface area contributed by atoms with Crippen molar-refractivity contribution in [2.75, 3.05) is 12.3 Å². The summed E-state index contributed by atoms with van der Waals surface area (Å²) in [6.45, 7) is 2.62. The van der Waals surface area contributed by atoms with Gasteiger partial charge in [0.15, 0.2) is 0 Å². The van der Waals surface area contributed by atoms with Crippen molar-refractivity contribution in [3.63, 3.8) is 0 Å². The predicted octanol–water partition coefficient (Wildman–Crippen LogP) is 1.83. The second kappa shape index (κ2) is 4.94. The number of rotatable bonds is 2. The van der Waals surface area contributed by atoms with E-state index in [-0.39, 0.29) is 18.1 Å². The fourth-order valence-electron chi connectivity index (χ4n) is 1.90. The van der Waals surface area contributed by atoms with Gasteiger partial charge in [0.2, 0.25) is 0 Å². The minimum atomic E-state index is -0.202. The molecule has 5 heteroatoms. The van der Waals surface area contributed by atoms with Crippen LogP contribution in [0.5, 0.6) is 0 Å². The van der Waals surface area contributed by atoms with Gasteiger partial charge in [0, 0.05) is 6.61 Å². The van der Waals surface area contributed by atoms with Crippen LogP contribution in [0.3, 0.4) is 0 Å². The Morgan fingerprint density at radius 3 is 3.00 bits per heavy atom. The Kier molecular flexibility index (Phi) is 3.54. The Hall–Kier alpha value is -1.26. The number of nitrogens with two attached hydrogens (primary N) is 1. The Morgan fingerprint density at radius 2 is 2.35 bits per heavy atom. The van der Waals surface area contributed by atoms with Crippen LogP contribution in [0.2, 0.25) is 5.02 Å². The number of nitrogen functional groups attached to an aromatic ring is 1. The number of benzene rings is 1. The van der Waals surface area contributed by atoms with Gasteiger partial charge in [-0.05, 0) is 25.5 Å². The zero-order valence-electron chi connectivity index (χ0n) is 9.57. The molecule has 0 bridgehead atoms. The van der Waals surface area contributed by atoms with Crippen LogP contribution < -0.4 is 11.1 Å². The Bertz CT molecular complexity index is 437. The number of hydrogen-bond acceptors (Lipinski definition) is 3. The van der Waals surface area contributed by atoms with E-state index in [0.29, 0.717) is 22.9 Å². The summed E-state index contributed by atoms with van der Waals surface area (Å²) in [6.07, 6.45) is 0.868. The second-order valence-electron chi connectivity index (χ2n) is 4.15. The first-order valence-electron chi connectivity index (χ1n) is 5.56. The van der Waals surface area contributed by atoms with Crippen LogP contribution in [0.25, 0.3) is 0 Å². The molecule has 0 spiro atoms. The van der Waals surface area contributed by atoms with Crippen molar-refractivity contribution in [1.82, 2.24) is 5.32 Å². The van der Waals surface area contributed by atoms with Crippen LogP contribution in [-0.4, -0.2) is 24.7 Å². The van der Waals surface area contributed by atoms with E-state index in [1.165, 1.54) is 0 Å². The van der Waals surface area contributed by atoms with Crippen LogP contribution in [0.4, 0.5) is 5.69 Å². The lowest BCUT2D eigenvalue weighted by molar-refractivity contribution is 0.0867. The Morgan fingerprint density at radius 1 is 1.59 bits per heavy atom. The minimum absolute atomic E-state index is 0.0411. The van der Waals surface area contributed by atoms with Gasteiger partial charge in [-0.3, -0.25) is 4.79 Å². The fourth-order valence-corrected chi connectivity index (χ4v) is 2.08. The zero-order valence-corrected chi connectivity index (χ0v) is 10.3. The standard InChI is InChI=1S/C12H15ClN2O2/c1-7-10(5-6-17-7)15-12(16)8-3-2-4-9(13)11(8)14/h2-4,7,10H,5-6,14H2,1H3,(H,15,16). The van der Waals surface area contributed by atoms with Crippen molar-refractivity contribution in [3.05, 3.63) is 28.8 Å². The molecule has 0 saturated carbocycles. The summed E-state index contributed by atoms with van der Waals surface area (Å²) >= 11 is 5.87. The first kappa shape index (κ1) is 12.2. The number of ether oxygens (including phenoxy) is 1. The number of carbonyl (C=O) groups is 1. The van der Waals surface area contributed by atoms with Gasteiger partial charge in [0.05, 0.1) is 28.4 Å². The third-order valence-corrected chi connectivity index (χ3v) is 3.32. The Labute approximate surface area is 105 Å². The summed E-state index contributed by atoms with van der Waals surface area (Å²) < 4.78 is 5.38. The smallest absolute Gasteiger partial charge is 0.253 e. The van der Waals surface area contributed by atoms with Crippen LogP contribution >= 0.6 is 11.6 Å². The lowest BCUT2D eigenvalue weighted by atomic mass is 10.1. The van der Waals surface area contributed by atoms with E-state index < -0.39 is 0 Å². The van der Waals surface area contributed by atoms with Gasteiger partial charge in [-0.15, -0.1) is 0 Å². The largest absolute Gasteiger partial charge is 0.397 e. The topological polar surface area (TPSA) is 64.3 Å². The van der Waals surface area contributed by atoms with Gasteiger partial charge in [-0.25, -0.2) is 0 Å². The molecule has 2 unspecified atom stereocenters. The average molecular weight is 255 g/mol. The number of amides is 1. The highest BCUT2D eigenvalue weighted by atomic mass is 35.5. The van der Waals surface area contributed by atoms with E-state index >= 15 is 0 Å². The third-order valence-electron chi connectivity index (χ3n) is 2.99. The molecule has 92 valence electrons. The first-order valence-corrected chi connectivity index (χ1v) is 5.94. The number of para-hydroxylation sites is 1. The molecule has 0 aromatic heterocycles. The SMILES string of the molecule is CC1OCCC1NC(=O)c1cccc(Cl)c1N. The van der Waals surface area contributed by atoms with E-state index in [1.54, 1.807) is 18.2 Å². The highest BCUT2D eigenvalue weighted by Gasteiger charge is 2.26. The number of halogens is 1. The maximum absolute atomic E-state index is 12.0. The van der Waals surface area contributed by atoms with Gasteiger partial charge in [0.1, 0.15) is 0 Å². The number of carbonyl (C=O) groups excluding carboxylic acids is 1. The quantitative estimate of drug-likeness (QED) is 0.792. The van der Waals surface area contributed by atoms with Crippen molar-refractivity contribution < 1.29 is 9.53 Å². The molecule has 1 amide bonds. The molecule has 2 atom stereocenters. The van der Waals surface area contributed by atoms with Gasteiger partial charge < -0.3 is 15.8 Å². The zero-order chi connectivity index (χ0) is 12.4. The van der Waals surface area contributed by atoms with Crippen molar-refractivity contribution in [2.24, 2.45) is 0 Å². The molecule has 0 radical (unpaired) electrons. The van der Waals surface area contributed by atoms with Crippen molar-refractivity contribution in [1.29, 1.82) is 0 Å². The van der Waals surface area contributed by atoms with Crippen molar-refractivity contribution in [2.45, 2.75) is 25.5 Å². The number of nitrogens with one attached hydrogen (secondary N) is 1. The van der Waals surface area contributed by atoms with Gasteiger partial charge in [-0.2, -0.15) is 0 Å². The molecule has 1 fully saturated rings. The molecule has 3 N–H and O–H groups in total. The molecule has 1 heterocycles. The molecular weight excluding hydrogens is 240 g/mol. The van der Waals surface area contributed by atoms with Crippen LogP contribution in [0, 0.1) is 0 Å². The van der Waals surface area contributed by atoms with E-state index in [4.69, 9.17) is 22.1 Å². The number of hydrogen-bond donors (Lipinski definition) is 2. The summed E-state index contributed by atoms with van der Waals surface area (Å²) in [7, 11) is 0. The van der Waals surface area contributed by atoms with Crippen molar-refractivity contribution >= 4 is 23.2 Å². The average Bonchev–Trinajstić information content (AvgIpc) is 2.68. The van der Waals surface area contributed by atoms with Crippen LogP contribution in [0.1, 0.15) is 23.7 Å². The second-order valence-corrected chi connectivity index (χ2v) is 4.55. The van der Waals surface area contributed by atoms with E-state index in [0.717, 1.165) is 6.42 Å². The molecule has 1 aromatic rings. The Balaban J connectivity index is 2.12. The maximum Gasteiger partial charge on any atom is 0.253 e. The van der Waals surface area contributed by atoms with Gasteiger partial charge >= 0.3 is 0 Å². The summed E-state index contributed by atoms with van der Waals surface area (Å²) in [6, 6.07) is 5.08. The molecule has 0 aliphatic carbocycles.